The van der Waals surface area contributed by atoms with E-state index in [1.807, 2.05) is 0 Å². The van der Waals surface area contributed by atoms with E-state index in [0.717, 1.165) is 12.8 Å². The highest BCUT2D eigenvalue weighted by Gasteiger charge is 2.15. The van der Waals surface area contributed by atoms with Crippen molar-refractivity contribution in [3.05, 3.63) is 0 Å². The summed E-state index contributed by atoms with van der Waals surface area (Å²) < 4.78 is 4.92. The summed E-state index contributed by atoms with van der Waals surface area (Å²) >= 11 is 0. The first kappa shape index (κ1) is 11.9. The summed E-state index contributed by atoms with van der Waals surface area (Å²) in [6.07, 6.45) is 4.31. The lowest BCUT2D eigenvalue weighted by atomic mass is 9.94. The molecule has 0 aliphatic carbocycles. The van der Waals surface area contributed by atoms with Gasteiger partial charge in [-0.2, -0.15) is 0 Å². The molecule has 12 heavy (non-hydrogen) atoms. The Morgan fingerprint density at radius 3 is 2.42 bits per heavy atom. The zero-order valence-electron chi connectivity index (χ0n) is 8.55. The predicted octanol–water partition coefficient (Wildman–Crippen LogP) is 2.21. The molecule has 0 aliphatic rings. The molecule has 0 spiro atoms. The van der Waals surface area contributed by atoms with Crippen LogP contribution in [0.25, 0.3) is 0 Å². The van der Waals surface area contributed by atoms with Gasteiger partial charge in [0, 0.05) is 7.11 Å². The molecule has 74 valence electrons. The average molecular weight is 174 g/mol. The number of ether oxygens (including phenoxy) is 1. The molecule has 2 atom stereocenters. The molecule has 0 aromatic carbocycles. The highest BCUT2D eigenvalue weighted by molar-refractivity contribution is 4.66. The van der Waals surface area contributed by atoms with Crippen molar-refractivity contribution >= 4 is 0 Å². The molecule has 0 radical (unpaired) electrons. The fourth-order valence-electron chi connectivity index (χ4n) is 1.44. The third-order valence-corrected chi connectivity index (χ3v) is 2.33. The lowest BCUT2D eigenvalue weighted by molar-refractivity contribution is 0.0206. The van der Waals surface area contributed by atoms with Crippen LogP contribution in [-0.4, -0.2) is 24.9 Å². The van der Waals surface area contributed by atoms with Crippen molar-refractivity contribution in [1.82, 2.24) is 0 Å². The van der Waals surface area contributed by atoms with E-state index >= 15 is 0 Å². The first-order chi connectivity index (χ1) is 5.76. The molecule has 0 amide bonds. The Balaban J connectivity index is 3.62. The summed E-state index contributed by atoms with van der Waals surface area (Å²) in [5.41, 5.74) is 0. The van der Waals surface area contributed by atoms with Crippen molar-refractivity contribution < 1.29 is 9.84 Å². The van der Waals surface area contributed by atoms with Gasteiger partial charge in [0.1, 0.15) is 0 Å². The molecular formula is C10H22O2. The molecular weight excluding hydrogens is 152 g/mol. The van der Waals surface area contributed by atoms with E-state index in [9.17, 15) is 5.11 Å². The number of aliphatic hydroxyl groups excluding tert-OH is 1. The maximum Gasteiger partial charge on any atom is 0.0801 e. The smallest absolute Gasteiger partial charge is 0.0801 e. The van der Waals surface area contributed by atoms with Gasteiger partial charge in [-0.15, -0.1) is 0 Å². The van der Waals surface area contributed by atoms with Gasteiger partial charge in [-0.25, -0.2) is 0 Å². The molecule has 0 aromatic heterocycles. The van der Waals surface area contributed by atoms with Crippen LogP contribution in [0.1, 0.15) is 39.5 Å². The van der Waals surface area contributed by atoms with Gasteiger partial charge in [-0.05, 0) is 12.3 Å². The van der Waals surface area contributed by atoms with E-state index in [1.54, 1.807) is 7.11 Å². The van der Waals surface area contributed by atoms with Crippen LogP contribution >= 0.6 is 0 Å². The second kappa shape index (κ2) is 7.56. The number of aliphatic hydroxyl groups is 1. The molecule has 2 heteroatoms. The van der Waals surface area contributed by atoms with Gasteiger partial charge in [-0.3, -0.25) is 0 Å². The lowest BCUT2D eigenvalue weighted by Gasteiger charge is -2.20. The van der Waals surface area contributed by atoms with E-state index < -0.39 is 0 Å². The first-order valence-electron chi connectivity index (χ1n) is 4.93. The van der Waals surface area contributed by atoms with Crippen molar-refractivity contribution in [1.29, 1.82) is 0 Å². The Labute approximate surface area is 75.9 Å². The molecule has 1 N–H and O–H groups in total. The second-order valence-electron chi connectivity index (χ2n) is 3.33. The summed E-state index contributed by atoms with van der Waals surface area (Å²) in [5, 5.41) is 9.61. The Morgan fingerprint density at radius 2 is 2.00 bits per heavy atom. The quantitative estimate of drug-likeness (QED) is 0.641. The van der Waals surface area contributed by atoms with Gasteiger partial charge in [0.05, 0.1) is 12.7 Å². The summed E-state index contributed by atoms with van der Waals surface area (Å²) in [6.45, 7) is 4.77. The van der Waals surface area contributed by atoms with Crippen LogP contribution < -0.4 is 0 Å². The predicted molar refractivity (Wildman–Crippen MR) is 51.2 cm³/mol. The molecule has 0 saturated carbocycles. The standard InChI is InChI=1S/C10H22O2/c1-4-6-7-9(5-2)10(11)8-12-3/h9-11H,4-8H2,1-3H3. The van der Waals surface area contributed by atoms with Gasteiger partial charge >= 0.3 is 0 Å². The Kier molecular flexibility index (Phi) is 7.51. The molecule has 0 saturated heterocycles. The van der Waals surface area contributed by atoms with E-state index in [2.05, 4.69) is 13.8 Å². The highest BCUT2D eigenvalue weighted by Crippen LogP contribution is 2.16. The summed E-state index contributed by atoms with van der Waals surface area (Å²) in [5.74, 6) is 0.421. The maximum atomic E-state index is 9.61. The largest absolute Gasteiger partial charge is 0.390 e. The van der Waals surface area contributed by atoms with Gasteiger partial charge in [0.15, 0.2) is 0 Å². The van der Waals surface area contributed by atoms with Crippen LogP contribution in [-0.2, 0) is 4.74 Å². The molecule has 2 nitrogen and oxygen atoms in total. The van der Waals surface area contributed by atoms with Crippen LogP contribution in [0.2, 0.25) is 0 Å². The van der Waals surface area contributed by atoms with Gasteiger partial charge in [-0.1, -0.05) is 33.1 Å². The Bertz CT molecular complexity index is 93.8. The highest BCUT2D eigenvalue weighted by atomic mass is 16.5. The molecule has 0 aliphatic heterocycles. The third kappa shape index (κ3) is 4.73. The number of unbranched alkanes of at least 4 members (excludes halogenated alkanes) is 1. The first-order valence-corrected chi connectivity index (χ1v) is 4.93. The van der Waals surface area contributed by atoms with E-state index in [1.165, 1.54) is 12.8 Å². The van der Waals surface area contributed by atoms with Crippen molar-refractivity contribution in [3.63, 3.8) is 0 Å². The topological polar surface area (TPSA) is 29.5 Å². The van der Waals surface area contributed by atoms with Crippen LogP contribution in [0.15, 0.2) is 0 Å². The normalized spacial score (nSPS) is 16.0. The minimum absolute atomic E-state index is 0.272. The molecule has 0 rings (SSSR count). The molecule has 0 bridgehead atoms. The molecule has 2 unspecified atom stereocenters. The van der Waals surface area contributed by atoms with E-state index in [4.69, 9.17) is 4.74 Å². The van der Waals surface area contributed by atoms with Crippen LogP contribution in [0, 0.1) is 5.92 Å². The van der Waals surface area contributed by atoms with Gasteiger partial charge < -0.3 is 9.84 Å². The van der Waals surface area contributed by atoms with Gasteiger partial charge in [0.2, 0.25) is 0 Å². The lowest BCUT2D eigenvalue weighted by Crippen LogP contribution is -2.24. The number of rotatable bonds is 7. The zero-order chi connectivity index (χ0) is 9.40. The van der Waals surface area contributed by atoms with Crippen molar-refractivity contribution in [2.75, 3.05) is 13.7 Å². The maximum absolute atomic E-state index is 9.61. The van der Waals surface area contributed by atoms with Crippen molar-refractivity contribution in [2.24, 2.45) is 5.92 Å². The number of methoxy groups -OCH3 is 1. The van der Waals surface area contributed by atoms with Crippen molar-refractivity contribution in [3.8, 4) is 0 Å². The average Bonchev–Trinajstić information content (AvgIpc) is 2.06. The summed E-state index contributed by atoms with van der Waals surface area (Å²) in [7, 11) is 1.63. The SMILES string of the molecule is CCCCC(CC)C(O)COC. The zero-order valence-corrected chi connectivity index (χ0v) is 8.55. The number of hydrogen-bond acceptors (Lipinski definition) is 2. The Morgan fingerprint density at radius 1 is 1.33 bits per heavy atom. The van der Waals surface area contributed by atoms with E-state index in [-0.39, 0.29) is 6.10 Å². The minimum atomic E-state index is -0.272. The second-order valence-corrected chi connectivity index (χ2v) is 3.33. The minimum Gasteiger partial charge on any atom is -0.390 e. The van der Waals surface area contributed by atoms with E-state index in [0.29, 0.717) is 12.5 Å². The monoisotopic (exact) mass is 174 g/mol. The Hall–Kier alpha value is -0.0800. The molecule has 0 heterocycles. The fraction of sp³-hybridized carbons (Fsp3) is 1.00. The van der Waals surface area contributed by atoms with Crippen LogP contribution in [0.5, 0.6) is 0 Å². The molecule has 0 fully saturated rings. The summed E-state index contributed by atoms with van der Waals surface area (Å²) in [6, 6.07) is 0. The third-order valence-electron chi connectivity index (χ3n) is 2.33. The fourth-order valence-corrected chi connectivity index (χ4v) is 1.44. The van der Waals surface area contributed by atoms with Crippen LogP contribution in [0.4, 0.5) is 0 Å². The summed E-state index contributed by atoms with van der Waals surface area (Å²) in [4.78, 5) is 0. The van der Waals surface area contributed by atoms with Gasteiger partial charge in [0.25, 0.3) is 0 Å². The van der Waals surface area contributed by atoms with Crippen LogP contribution in [0.3, 0.4) is 0 Å². The molecule has 0 aromatic rings. The number of hydrogen-bond donors (Lipinski definition) is 1. The van der Waals surface area contributed by atoms with Crippen molar-refractivity contribution in [2.45, 2.75) is 45.6 Å².